The van der Waals surface area contributed by atoms with E-state index in [9.17, 15) is 4.79 Å². The molecule has 1 amide bonds. The summed E-state index contributed by atoms with van der Waals surface area (Å²) < 4.78 is 8.36. The van der Waals surface area contributed by atoms with Crippen LogP contribution in [0.4, 0.5) is 0 Å². The Bertz CT molecular complexity index is 983. The second kappa shape index (κ2) is 6.61. The van der Waals surface area contributed by atoms with E-state index in [2.05, 4.69) is 30.1 Å². The van der Waals surface area contributed by atoms with Crippen LogP contribution >= 0.6 is 11.3 Å². The smallest absolute Gasteiger partial charge is 0.252 e. The Labute approximate surface area is 145 Å². The molecule has 4 nitrogen and oxygen atoms in total. The Hall–Kier alpha value is -2.40. The number of rotatable bonds is 3. The zero-order chi connectivity index (χ0) is 17.3. The number of ether oxygens (including phenoxy) is 1. The number of aryl methyl sites for hydroxylation is 3. The number of aromatic nitrogens is 1. The van der Waals surface area contributed by atoms with Crippen molar-refractivity contribution in [1.29, 1.82) is 0 Å². The van der Waals surface area contributed by atoms with E-state index in [0.717, 1.165) is 31.9 Å². The van der Waals surface area contributed by atoms with Gasteiger partial charge in [0.1, 0.15) is 5.75 Å². The number of thiazole rings is 1. The molecule has 0 atom stereocenters. The van der Waals surface area contributed by atoms with Crippen molar-refractivity contribution in [2.45, 2.75) is 20.3 Å². The third-order valence-corrected chi connectivity index (χ3v) is 5.09. The molecule has 0 N–H and O–H groups in total. The molecule has 0 radical (unpaired) electrons. The van der Waals surface area contributed by atoms with Gasteiger partial charge < -0.3 is 9.30 Å². The maximum absolute atomic E-state index is 12.3. The third kappa shape index (κ3) is 3.26. The number of fused-ring (bicyclic) bond motifs is 1. The lowest BCUT2D eigenvalue weighted by atomic mass is 10.1. The van der Waals surface area contributed by atoms with E-state index in [-0.39, 0.29) is 12.3 Å². The van der Waals surface area contributed by atoms with Crippen LogP contribution in [0, 0.1) is 13.8 Å². The molecule has 1 aromatic heterocycles. The minimum absolute atomic E-state index is 0.140. The molecule has 0 bridgehead atoms. The summed E-state index contributed by atoms with van der Waals surface area (Å²) in [5.41, 5.74) is 4.26. The summed E-state index contributed by atoms with van der Waals surface area (Å²) in [5, 5.41) is 0. The van der Waals surface area contributed by atoms with Gasteiger partial charge in [0.05, 0.1) is 23.7 Å². The van der Waals surface area contributed by atoms with E-state index in [4.69, 9.17) is 4.74 Å². The van der Waals surface area contributed by atoms with Gasteiger partial charge in [0, 0.05) is 7.05 Å². The summed E-state index contributed by atoms with van der Waals surface area (Å²) in [6, 6.07) is 12.0. The average Bonchev–Trinajstić information content (AvgIpc) is 2.82. The molecule has 3 aromatic rings. The standard InChI is InChI=1S/C19H20N2O2S/c1-12-5-7-15-17(9-12)24-19(21(15)3)20-18(22)11-14-6-8-16(23-4)13(2)10-14/h5-10H,11H2,1-4H3. The summed E-state index contributed by atoms with van der Waals surface area (Å²) in [6.07, 6.45) is 0.290. The Kier molecular flexibility index (Phi) is 4.53. The molecule has 3 rings (SSSR count). The second-order valence-corrected chi connectivity index (χ2v) is 6.91. The van der Waals surface area contributed by atoms with Crippen LogP contribution in [0.2, 0.25) is 0 Å². The monoisotopic (exact) mass is 340 g/mol. The first-order valence-corrected chi connectivity index (χ1v) is 8.57. The number of hydrogen-bond donors (Lipinski definition) is 0. The van der Waals surface area contributed by atoms with Crippen molar-refractivity contribution in [2.24, 2.45) is 12.0 Å². The number of benzene rings is 2. The fourth-order valence-corrected chi connectivity index (χ4v) is 3.85. The second-order valence-electron chi connectivity index (χ2n) is 5.90. The molecule has 0 aliphatic carbocycles. The highest BCUT2D eigenvalue weighted by molar-refractivity contribution is 7.16. The summed E-state index contributed by atoms with van der Waals surface area (Å²) in [6.45, 7) is 4.03. The van der Waals surface area contributed by atoms with Gasteiger partial charge in [-0.1, -0.05) is 29.5 Å². The molecule has 2 aromatic carbocycles. The molecule has 0 fully saturated rings. The van der Waals surface area contributed by atoms with Crippen LogP contribution in [-0.2, 0) is 18.3 Å². The van der Waals surface area contributed by atoms with Gasteiger partial charge in [0.2, 0.25) is 0 Å². The molecule has 0 saturated carbocycles. The summed E-state index contributed by atoms with van der Waals surface area (Å²) in [4.78, 5) is 17.4. The number of nitrogens with zero attached hydrogens (tertiary/aromatic N) is 2. The van der Waals surface area contributed by atoms with Crippen LogP contribution in [0.1, 0.15) is 16.7 Å². The number of methoxy groups -OCH3 is 1. The molecular formula is C19H20N2O2S. The first kappa shape index (κ1) is 16.5. The summed E-state index contributed by atoms with van der Waals surface area (Å²) >= 11 is 1.54. The third-order valence-electron chi connectivity index (χ3n) is 4.00. The highest BCUT2D eigenvalue weighted by Crippen LogP contribution is 2.19. The molecule has 124 valence electrons. The zero-order valence-electron chi connectivity index (χ0n) is 14.3. The van der Waals surface area contributed by atoms with Crippen molar-refractivity contribution in [3.63, 3.8) is 0 Å². The molecule has 0 unspecified atom stereocenters. The SMILES string of the molecule is COc1ccc(CC(=O)N=c2sc3cc(C)ccc3n2C)cc1C. The van der Waals surface area contributed by atoms with E-state index in [0.29, 0.717) is 0 Å². The van der Waals surface area contributed by atoms with E-state index < -0.39 is 0 Å². The van der Waals surface area contributed by atoms with E-state index in [1.54, 1.807) is 18.4 Å². The van der Waals surface area contributed by atoms with Crippen LogP contribution in [-0.4, -0.2) is 17.6 Å². The van der Waals surface area contributed by atoms with Crippen molar-refractivity contribution in [2.75, 3.05) is 7.11 Å². The van der Waals surface area contributed by atoms with Gasteiger partial charge in [-0.05, 0) is 48.7 Å². The minimum atomic E-state index is -0.140. The minimum Gasteiger partial charge on any atom is -0.496 e. The van der Waals surface area contributed by atoms with Crippen LogP contribution < -0.4 is 9.54 Å². The van der Waals surface area contributed by atoms with Crippen LogP contribution in [0.3, 0.4) is 0 Å². The Morgan fingerprint density at radius 2 is 2.00 bits per heavy atom. The van der Waals surface area contributed by atoms with Gasteiger partial charge in [-0.2, -0.15) is 4.99 Å². The Balaban J connectivity index is 1.90. The van der Waals surface area contributed by atoms with Crippen molar-refractivity contribution in [3.05, 3.63) is 57.9 Å². The molecule has 1 heterocycles. The summed E-state index contributed by atoms with van der Waals surface area (Å²) in [5.74, 6) is 0.688. The fourth-order valence-electron chi connectivity index (χ4n) is 2.72. The number of hydrogen-bond acceptors (Lipinski definition) is 3. The number of amides is 1. The topological polar surface area (TPSA) is 43.6 Å². The van der Waals surface area contributed by atoms with Gasteiger partial charge in [-0.3, -0.25) is 4.79 Å². The van der Waals surface area contributed by atoms with Crippen molar-refractivity contribution in [3.8, 4) is 5.75 Å². The first-order chi connectivity index (χ1) is 11.5. The average molecular weight is 340 g/mol. The lowest BCUT2D eigenvalue weighted by molar-refractivity contribution is -0.117. The van der Waals surface area contributed by atoms with Crippen molar-refractivity contribution >= 4 is 27.5 Å². The molecular weight excluding hydrogens is 320 g/mol. The molecule has 0 aliphatic heterocycles. The normalized spacial score (nSPS) is 11.9. The van der Waals surface area contributed by atoms with E-state index in [1.807, 2.05) is 36.7 Å². The highest BCUT2D eigenvalue weighted by atomic mass is 32.1. The maximum atomic E-state index is 12.3. The first-order valence-electron chi connectivity index (χ1n) is 7.75. The van der Waals surface area contributed by atoms with Gasteiger partial charge in [-0.25, -0.2) is 0 Å². The van der Waals surface area contributed by atoms with Gasteiger partial charge >= 0.3 is 0 Å². The van der Waals surface area contributed by atoms with Gasteiger partial charge in [0.25, 0.3) is 5.91 Å². The van der Waals surface area contributed by atoms with E-state index in [1.165, 1.54) is 5.56 Å². The predicted molar refractivity (Wildman–Crippen MR) is 97.5 cm³/mol. The molecule has 0 saturated heterocycles. The zero-order valence-corrected chi connectivity index (χ0v) is 15.1. The van der Waals surface area contributed by atoms with Gasteiger partial charge in [-0.15, -0.1) is 0 Å². The maximum Gasteiger partial charge on any atom is 0.252 e. The Morgan fingerprint density at radius 1 is 1.21 bits per heavy atom. The largest absolute Gasteiger partial charge is 0.496 e. The Morgan fingerprint density at radius 3 is 2.71 bits per heavy atom. The quantitative estimate of drug-likeness (QED) is 0.732. The number of carbonyl (C=O) groups excluding carboxylic acids is 1. The van der Waals surface area contributed by atoms with Crippen LogP contribution in [0.5, 0.6) is 5.75 Å². The van der Waals surface area contributed by atoms with Crippen molar-refractivity contribution in [1.82, 2.24) is 4.57 Å². The van der Waals surface area contributed by atoms with Crippen LogP contribution in [0.15, 0.2) is 41.4 Å². The molecule has 0 aliphatic rings. The van der Waals surface area contributed by atoms with Crippen LogP contribution in [0.25, 0.3) is 10.2 Å². The highest BCUT2D eigenvalue weighted by Gasteiger charge is 2.07. The molecule has 5 heteroatoms. The molecule has 0 spiro atoms. The van der Waals surface area contributed by atoms with E-state index >= 15 is 0 Å². The summed E-state index contributed by atoms with van der Waals surface area (Å²) in [7, 11) is 3.59. The van der Waals surface area contributed by atoms with Crippen molar-refractivity contribution < 1.29 is 9.53 Å². The van der Waals surface area contributed by atoms with Gasteiger partial charge in [0.15, 0.2) is 4.80 Å². The fraction of sp³-hybridized carbons (Fsp3) is 0.263. The number of carbonyl (C=O) groups is 1. The lowest BCUT2D eigenvalue weighted by Gasteiger charge is -2.05. The lowest BCUT2D eigenvalue weighted by Crippen LogP contribution is -2.14. The predicted octanol–water partition coefficient (Wildman–Crippen LogP) is 3.54. The molecule has 24 heavy (non-hydrogen) atoms.